The summed E-state index contributed by atoms with van der Waals surface area (Å²) in [5.41, 5.74) is 0.769. The fourth-order valence-electron chi connectivity index (χ4n) is 2.83. The topological polar surface area (TPSA) is 0 Å². The molecule has 2 aliphatic rings. The van der Waals surface area contributed by atoms with E-state index in [0.717, 1.165) is 17.3 Å². The minimum Gasteiger partial charge on any atom is -0.0620 e. The van der Waals surface area contributed by atoms with Gasteiger partial charge >= 0.3 is 0 Å². The van der Waals surface area contributed by atoms with Crippen molar-refractivity contribution in [3.63, 3.8) is 0 Å². The summed E-state index contributed by atoms with van der Waals surface area (Å²) in [6.45, 7) is 4.91. The van der Waals surface area contributed by atoms with Crippen molar-refractivity contribution in [3.8, 4) is 0 Å². The van der Waals surface area contributed by atoms with Crippen molar-refractivity contribution < 1.29 is 0 Å². The van der Waals surface area contributed by atoms with Gasteiger partial charge in [0.1, 0.15) is 0 Å². The highest BCUT2D eigenvalue weighted by atomic mass is 14.5. The number of fused-ring (bicyclic) bond motifs is 2. The Hall–Kier alpha value is 0. The van der Waals surface area contributed by atoms with Crippen LogP contribution < -0.4 is 0 Å². The van der Waals surface area contributed by atoms with Crippen molar-refractivity contribution in [2.45, 2.75) is 39.5 Å². The Balaban J connectivity index is 2.22. The lowest BCUT2D eigenvalue weighted by atomic mass is 9.78. The summed E-state index contributed by atoms with van der Waals surface area (Å²) in [5, 5.41) is 0. The SMILES string of the molecule is CC1CC2CC[C@@]1(C)C2. The Morgan fingerprint density at radius 3 is 2.44 bits per heavy atom. The quantitative estimate of drug-likeness (QED) is 0.466. The molecule has 0 saturated heterocycles. The minimum absolute atomic E-state index is 0.769. The van der Waals surface area contributed by atoms with Gasteiger partial charge in [-0.1, -0.05) is 13.8 Å². The average molecular weight is 124 g/mol. The van der Waals surface area contributed by atoms with Gasteiger partial charge in [-0.05, 0) is 42.9 Å². The van der Waals surface area contributed by atoms with Crippen molar-refractivity contribution in [3.05, 3.63) is 0 Å². The summed E-state index contributed by atoms with van der Waals surface area (Å²) in [5.74, 6) is 2.14. The molecule has 0 nitrogen and oxygen atoms in total. The van der Waals surface area contributed by atoms with Crippen LogP contribution in [0.1, 0.15) is 39.5 Å². The van der Waals surface area contributed by atoms with E-state index >= 15 is 0 Å². The van der Waals surface area contributed by atoms with Gasteiger partial charge in [0, 0.05) is 0 Å². The third-order valence-corrected chi connectivity index (χ3v) is 3.76. The van der Waals surface area contributed by atoms with Crippen LogP contribution in [0.2, 0.25) is 0 Å². The van der Waals surface area contributed by atoms with Gasteiger partial charge in [0.2, 0.25) is 0 Å². The first-order valence-electron chi connectivity index (χ1n) is 4.21. The van der Waals surface area contributed by atoms with Gasteiger partial charge < -0.3 is 0 Å². The Morgan fingerprint density at radius 1 is 1.44 bits per heavy atom. The Kier molecular flexibility index (Phi) is 0.980. The molecule has 3 atom stereocenters. The first-order valence-corrected chi connectivity index (χ1v) is 4.21. The summed E-state index contributed by atoms with van der Waals surface area (Å²) < 4.78 is 0. The van der Waals surface area contributed by atoms with Crippen LogP contribution in [-0.4, -0.2) is 0 Å². The molecule has 0 N–H and O–H groups in total. The van der Waals surface area contributed by atoms with Gasteiger partial charge in [0.15, 0.2) is 0 Å². The van der Waals surface area contributed by atoms with Crippen molar-refractivity contribution >= 4 is 0 Å². The third kappa shape index (κ3) is 0.653. The first-order chi connectivity index (χ1) is 4.21. The van der Waals surface area contributed by atoms with E-state index in [1.165, 1.54) is 25.7 Å². The van der Waals surface area contributed by atoms with E-state index in [9.17, 15) is 0 Å². The second kappa shape index (κ2) is 1.53. The molecule has 0 aromatic rings. The van der Waals surface area contributed by atoms with E-state index in [1.54, 1.807) is 0 Å². The lowest BCUT2D eigenvalue weighted by Gasteiger charge is -2.27. The van der Waals surface area contributed by atoms with Gasteiger partial charge in [-0.3, -0.25) is 0 Å². The lowest BCUT2D eigenvalue weighted by Crippen LogP contribution is -2.18. The van der Waals surface area contributed by atoms with Crippen LogP contribution >= 0.6 is 0 Å². The lowest BCUT2D eigenvalue weighted by molar-refractivity contribution is 0.229. The molecular formula is C9H16. The number of hydrogen-bond acceptors (Lipinski definition) is 0. The monoisotopic (exact) mass is 124 g/mol. The van der Waals surface area contributed by atoms with Gasteiger partial charge in [-0.2, -0.15) is 0 Å². The molecule has 2 bridgehead atoms. The summed E-state index contributed by atoms with van der Waals surface area (Å²) in [4.78, 5) is 0. The standard InChI is InChI=1S/C9H16/c1-7-5-8-3-4-9(7,2)6-8/h7-8H,3-6H2,1-2H3/t7?,8?,9-/m0/s1. The molecule has 0 heteroatoms. The molecule has 0 amide bonds. The van der Waals surface area contributed by atoms with E-state index in [4.69, 9.17) is 0 Å². The van der Waals surface area contributed by atoms with Gasteiger partial charge in [-0.25, -0.2) is 0 Å². The molecule has 2 fully saturated rings. The maximum atomic E-state index is 2.48. The minimum atomic E-state index is 0.769. The molecule has 0 spiro atoms. The van der Waals surface area contributed by atoms with Crippen LogP contribution in [0.15, 0.2) is 0 Å². The highest BCUT2D eigenvalue weighted by molar-refractivity contribution is 4.96. The zero-order chi connectivity index (χ0) is 6.48. The summed E-state index contributed by atoms with van der Waals surface area (Å²) in [6.07, 6.45) is 6.10. The molecule has 2 saturated carbocycles. The number of rotatable bonds is 0. The van der Waals surface area contributed by atoms with E-state index in [0.29, 0.717) is 0 Å². The Bertz CT molecular complexity index is 128. The van der Waals surface area contributed by atoms with Crippen molar-refractivity contribution in [2.75, 3.05) is 0 Å². The highest BCUT2D eigenvalue weighted by Crippen LogP contribution is 2.56. The molecule has 0 radical (unpaired) electrons. The largest absolute Gasteiger partial charge is 0.0620 e. The van der Waals surface area contributed by atoms with E-state index in [2.05, 4.69) is 13.8 Å². The zero-order valence-electron chi connectivity index (χ0n) is 6.48. The van der Waals surface area contributed by atoms with Crippen molar-refractivity contribution in [1.29, 1.82) is 0 Å². The van der Waals surface area contributed by atoms with E-state index in [1.807, 2.05) is 0 Å². The van der Waals surface area contributed by atoms with Crippen LogP contribution in [0.5, 0.6) is 0 Å². The molecule has 2 rings (SSSR count). The molecule has 52 valence electrons. The van der Waals surface area contributed by atoms with E-state index in [-0.39, 0.29) is 0 Å². The normalized spacial score (nSPS) is 56.7. The molecule has 2 unspecified atom stereocenters. The molecule has 9 heavy (non-hydrogen) atoms. The Morgan fingerprint density at radius 2 is 2.22 bits per heavy atom. The van der Waals surface area contributed by atoms with Crippen molar-refractivity contribution in [1.82, 2.24) is 0 Å². The van der Waals surface area contributed by atoms with Crippen LogP contribution in [-0.2, 0) is 0 Å². The van der Waals surface area contributed by atoms with Crippen molar-refractivity contribution in [2.24, 2.45) is 17.3 Å². The maximum absolute atomic E-state index is 2.48. The molecule has 0 heterocycles. The van der Waals surface area contributed by atoms with Gasteiger partial charge in [0.05, 0.1) is 0 Å². The maximum Gasteiger partial charge on any atom is -0.0297 e. The molecular weight excluding hydrogens is 108 g/mol. The van der Waals surface area contributed by atoms with Crippen LogP contribution in [0.4, 0.5) is 0 Å². The molecule has 0 aromatic carbocycles. The van der Waals surface area contributed by atoms with Crippen LogP contribution in [0.3, 0.4) is 0 Å². The summed E-state index contributed by atoms with van der Waals surface area (Å²) >= 11 is 0. The second-order valence-corrected chi connectivity index (χ2v) is 4.40. The van der Waals surface area contributed by atoms with Gasteiger partial charge in [-0.15, -0.1) is 0 Å². The predicted octanol–water partition coefficient (Wildman–Crippen LogP) is 2.83. The third-order valence-electron chi connectivity index (χ3n) is 3.76. The summed E-state index contributed by atoms with van der Waals surface area (Å²) in [7, 11) is 0. The fourth-order valence-corrected chi connectivity index (χ4v) is 2.83. The molecule has 0 aliphatic heterocycles. The van der Waals surface area contributed by atoms with E-state index < -0.39 is 0 Å². The fraction of sp³-hybridized carbons (Fsp3) is 1.00. The highest BCUT2D eigenvalue weighted by Gasteiger charge is 2.46. The van der Waals surface area contributed by atoms with Gasteiger partial charge in [0.25, 0.3) is 0 Å². The number of hydrogen-bond donors (Lipinski definition) is 0. The molecule has 0 aromatic heterocycles. The smallest absolute Gasteiger partial charge is 0.0297 e. The average Bonchev–Trinajstić information content (AvgIpc) is 2.22. The molecule has 2 aliphatic carbocycles. The second-order valence-electron chi connectivity index (χ2n) is 4.40. The van der Waals surface area contributed by atoms with Crippen LogP contribution in [0, 0.1) is 17.3 Å². The van der Waals surface area contributed by atoms with Crippen LogP contribution in [0.25, 0.3) is 0 Å². The predicted molar refractivity (Wildman–Crippen MR) is 39.2 cm³/mol. The zero-order valence-corrected chi connectivity index (χ0v) is 6.48. The first kappa shape index (κ1) is 5.76. The Labute approximate surface area is 57.6 Å². The summed E-state index contributed by atoms with van der Waals surface area (Å²) in [6, 6.07) is 0.